The molecule has 0 aromatic carbocycles. The summed E-state index contributed by atoms with van der Waals surface area (Å²) in [5, 5.41) is 12.0. The van der Waals surface area contributed by atoms with Crippen molar-refractivity contribution in [3.05, 3.63) is 17.6 Å². The number of hydrogen-bond acceptors (Lipinski definition) is 6. The molecule has 1 N–H and O–H groups in total. The van der Waals surface area contributed by atoms with Crippen LogP contribution in [-0.4, -0.2) is 51.5 Å². The van der Waals surface area contributed by atoms with Gasteiger partial charge in [-0.25, -0.2) is 0 Å². The maximum absolute atomic E-state index is 5.41. The average molecular weight is 290 g/mol. The van der Waals surface area contributed by atoms with Gasteiger partial charge in [0.2, 0.25) is 0 Å². The second-order valence-electron chi connectivity index (χ2n) is 5.89. The lowest BCUT2D eigenvalue weighted by Gasteiger charge is -2.30. The average Bonchev–Trinajstić information content (AvgIpc) is 3.05. The van der Waals surface area contributed by atoms with Crippen molar-refractivity contribution in [3.8, 4) is 11.6 Å². The second-order valence-corrected chi connectivity index (χ2v) is 5.89. The van der Waals surface area contributed by atoms with Gasteiger partial charge in [0, 0.05) is 32.4 Å². The van der Waals surface area contributed by atoms with Crippen molar-refractivity contribution in [2.45, 2.75) is 25.8 Å². The Kier molecular flexibility index (Phi) is 3.77. The van der Waals surface area contributed by atoms with E-state index in [1.54, 1.807) is 0 Å². The van der Waals surface area contributed by atoms with E-state index < -0.39 is 0 Å². The van der Waals surface area contributed by atoms with Crippen molar-refractivity contribution in [1.29, 1.82) is 0 Å². The van der Waals surface area contributed by atoms with E-state index in [1.807, 2.05) is 17.8 Å². The molecule has 1 unspecified atom stereocenters. The van der Waals surface area contributed by atoms with Crippen molar-refractivity contribution in [1.82, 2.24) is 30.1 Å². The Morgan fingerprint density at radius 3 is 2.86 bits per heavy atom. The number of aryl methyl sites for hydroxylation is 1. The summed E-state index contributed by atoms with van der Waals surface area (Å²) < 4.78 is 7.28. The fourth-order valence-electron chi connectivity index (χ4n) is 2.70. The number of rotatable bonds is 3. The molecule has 2 aromatic heterocycles. The van der Waals surface area contributed by atoms with Crippen LogP contribution in [-0.2, 0) is 7.05 Å². The predicted molar refractivity (Wildman–Crippen MR) is 78.8 cm³/mol. The first-order valence-electron chi connectivity index (χ1n) is 7.35. The van der Waals surface area contributed by atoms with Crippen LogP contribution in [0.5, 0.6) is 0 Å². The molecule has 1 aliphatic heterocycles. The number of piperazine rings is 1. The monoisotopic (exact) mass is 290 g/mol. The van der Waals surface area contributed by atoms with E-state index in [0.29, 0.717) is 11.8 Å². The molecule has 7 heteroatoms. The minimum Gasteiger partial charge on any atom is -0.332 e. The smallest absolute Gasteiger partial charge is 0.278 e. The van der Waals surface area contributed by atoms with Crippen LogP contribution in [0.3, 0.4) is 0 Å². The van der Waals surface area contributed by atoms with Crippen LogP contribution < -0.4 is 5.32 Å². The molecule has 7 nitrogen and oxygen atoms in total. The zero-order valence-electron chi connectivity index (χ0n) is 13.0. The summed E-state index contributed by atoms with van der Waals surface area (Å²) in [6, 6.07) is 2.18. The van der Waals surface area contributed by atoms with Gasteiger partial charge in [0.15, 0.2) is 11.5 Å². The molecule has 114 valence electrons. The first-order valence-corrected chi connectivity index (χ1v) is 7.35. The fourth-order valence-corrected chi connectivity index (χ4v) is 2.70. The molecule has 21 heavy (non-hydrogen) atoms. The molecule has 1 saturated heterocycles. The van der Waals surface area contributed by atoms with Gasteiger partial charge >= 0.3 is 0 Å². The van der Waals surface area contributed by atoms with Crippen LogP contribution in [0.1, 0.15) is 37.3 Å². The lowest BCUT2D eigenvalue weighted by atomic mass is 10.1. The quantitative estimate of drug-likeness (QED) is 0.915. The molecular weight excluding hydrogens is 268 g/mol. The number of nitrogens with zero attached hydrogens (tertiary/aromatic N) is 5. The van der Waals surface area contributed by atoms with Gasteiger partial charge in [-0.05, 0) is 19.0 Å². The molecular formula is C14H22N6O. The number of likely N-dealkylation sites (N-methyl/N-ethyl adjacent to an activating group) is 1. The van der Waals surface area contributed by atoms with Crippen LogP contribution in [0.15, 0.2) is 10.6 Å². The van der Waals surface area contributed by atoms with Gasteiger partial charge in [-0.1, -0.05) is 19.0 Å². The van der Waals surface area contributed by atoms with Crippen LogP contribution in [0.2, 0.25) is 0 Å². The Hall–Kier alpha value is -1.73. The van der Waals surface area contributed by atoms with E-state index in [0.717, 1.165) is 36.8 Å². The molecule has 0 amide bonds. The summed E-state index contributed by atoms with van der Waals surface area (Å²) in [6.07, 6.45) is 0. The Labute approximate surface area is 124 Å². The highest BCUT2D eigenvalue weighted by Crippen LogP contribution is 2.24. The van der Waals surface area contributed by atoms with E-state index in [4.69, 9.17) is 4.52 Å². The molecule has 1 fully saturated rings. The topological polar surface area (TPSA) is 72.0 Å². The summed E-state index contributed by atoms with van der Waals surface area (Å²) in [6.45, 7) is 7.10. The highest BCUT2D eigenvalue weighted by molar-refractivity contribution is 5.47. The molecule has 3 rings (SSSR count). The van der Waals surface area contributed by atoms with Crippen LogP contribution in [0, 0.1) is 0 Å². The molecule has 2 aromatic rings. The van der Waals surface area contributed by atoms with Crippen molar-refractivity contribution in [3.63, 3.8) is 0 Å². The number of hydrogen-bond donors (Lipinski definition) is 1. The van der Waals surface area contributed by atoms with Crippen molar-refractivity contribution < 1.29 is 4.52 Å². The van der Waals surface area contributed by atoms with Gasteiger partial charge in [0.1, 0.15) is 0 Å². The zero-order valence-corrected chi connectivity index (χ0v) is 13.0. The van der Waals surface area contributed by atoms with Crippen molar-refractivity contribution >= 4 is 0 Å². The molecule has 0 saturated carbocycles. The Balaban J connectivity index is 1.86. The maximum Gasteiger partial charge on any atom is 0.278 e. The molecule has 0 radical (unpaired) electrons. The maximum atomic E-state index is 5.41. The van der Waals surface area contributed by atoms with Crippen molar-refractivity contribution in [2.24, 2.45) is 7.05 Å². The first kappa shape index (κ1) is 14.2. The largest absolute Gasteiger partial charge is 0.332 e. The summed E-state index contributed by atoms with van der Waals surface area (Å²) >= 11 is 0. The lowest BCUT2D eigenvalue weighted by molar-refractivity contribution is 0.190. The molecule has 3 heterocycles. The summed E-state index contributed by atoms with van der Waals surface area (Å²) in [5.41, 5.74) is 1.90. The second kappa shape index (κ2) is 5.57. The molecule has 0 spiro atoms. The lowest BCUT2D eigenvalue weighted by Crippen LogP contribution is -2.44. The van der Waals surface area contributed by atoms with E-state index >= 15 is 0 Å². The minimum atomic E-state index is 0.157. The molecule has 1 aliphatic rings. The first-order chi connectivity index (χ1) is 10.1. The third kappa shape index (κ3) is 2.71. The van der Waals surface area contributed by atoms with Gasteiger partial charge in [-0.2, -0.15) is 10.1 Å². The Morgan fingerprint density at radius 2 is 2.19 bits per heavy atom. The Morgan fingerprint density at radius 1 is 1.38 bits per heavy atom. The van der Waals surface area contributed by atoms with Crippen LogP contribution in [0.25, 0.3) is 11.6 Å². The summed E-state index contributed by atoms with van der Waals surface area (Å²) in [7, 11) is 4.02. The number of nitrogens with one attached hydrogen (secondary N) is 1. The third-order valence-electron chi connectivity index (χ3n) is 3.98. The fraction of sp³-hybridized carbons (Fsp3) is 0.643. The van der Waals surface area contributed by atoms with Gasteiger partial charge < -0.3 is 9.84 Å². The molecule has 0 aliphatic carbocycles. The highest BCUT2D eigenvalue weighted by atomic mass is 16.5. The van der Waals surface area contributed by atoms with Gasteiger partial charge in [-0.3, -0.25) is 9.58 Å². The van der Waals surface area contributed by atoms with Crippen LogP contribution in [0.4, 0.5) is 0 Å². The summed E-state index contributed by atoms with van der Waals surface area (Å²) in [5.74, 6) is 1.62. The van der Waals surface area contributed by atoms with Crippen molar-refractivity contribution in [2.75, 3.05) is 26.7 Å². The van der Waals surface area contributed by atoms with Gasteiger partial charge in [-0.15, -0.1) is 0 Å². The van der Waals surface area contributed by atoms with E-state index in [1.165, 1.54) is 0 Å². The SMILES string of the molecule is CC(C)c1cc(-c2nc(C3CNCCN3C)no2)nn1C. The van der Waals surface area contributed by atoms with E-state index in [-0.39, 0.29) is 6.04 Å². The van der Waals surface area contributed by atoms with Crippen LogP contribution >= 0.6 is 0 Å². The van der Waals surface area contributed by atoms with E-state index in [9.17, 15) is 0 Å². The molecule has 1 atom stereocenters. The van der Waals surface area contributed by atoms with Gasteiger partial charge in [0.05, 0.1) is 6.04 Å². The predicted octanol–water partition coefficient (Wildman–Crippen LogP) is 1.17. The van der Waals surface area contributed by atoms with E-state index in [2.05, 4.69) is 46.4 Å². The minimum absolute atomic E-state index is 0.157. The third-order valence-corrected chi connectivity index (χ3v) is 3.98. The Bertz CT molecular complexity index is 617. The molecule has 0 bridgehead atoms. The zero-order chi connectivity index (χ0) is 15.0. The number of aromatic nitrogens is 4. The highest BCUT2D eigenvalue weighted by Gasteiger charge is 2.26. The van der Waals surface area contributed by atoms with Gasteiger partial charge in [0.25, 0.3) is 5.89 Å². The summed E-state index contributed by atoms with van der Waals surface area (Å²) in [4.78, 5) is 6.77. The normalized spacial score (nSPS) is 20.3. The standard InChI is InChI=1S/C14H22N6O/c1-9(2)11-7-10(17-20(11)4)14-16-13(18-21-14)12-8-15-5-6-19(12)3/h7,9,12,15H,5-6,8H2,1-4H3.